The first-order valence-electron chi connectivity index (χ1n) is 3.29. The Hall–Kier alpha value is -0.980. The van der Waals surface area contributed by atoms with Gasteiger partial charge in [0.2, 0.25) is 0 Å². The van der Waals surface area contributed by atoms with Crippen molar-refractivity contribution in [3.05, 3.63) is 37.1 Å². The van der Waals surface area contributed by atoms with E-state index < -0.39 is 0 Å². The lowest BCUT2D eigenvalue weighted by atomic mass is 10.2. The van der Waals surface area contributed by atoms with Gasteiger partial charge in [0.15, 0.2) is 0 Å². The molecule has 0 saturated heterocycles. The number of allylic oxidation sites excluding steroid dienone is 2. The largest absolute Gasteiger partial charge is 0.498 e. The van der Waals surface area contributed by atoms with Crippen molar-refractivity contribution in [3.63, 3.8) is 0 Å². The lowest BCUT2D eigenvalue weighted by Crippen LogP contribution is -1.78. The number of ether oxygens (including phenoxy) is 1. The molecular formula is C9H14O. The summed E-state index contributed by atoms with van der Waals surface area (Å²) in [6.45, 7) is 9.79. The molecule has 0 aromatic carbocycles. The maximum absolute atomic E-state index is 4.86. The highest BCUT2D eigenvalue weighted by Crippen LogP contribution is 1.95. The Morgan fingerprint density at radius 1 is 1.50 bits per heavy atom. The van der Waals surface area contributed by atoms with Crippen molar-refractivity contribution >= 4 is 0 Å². The lowest BCUT2D eigenvalue weighted by molar-refractivity contribution is 0.291. The van der Waals surface area contributed by atoms with Crippen molar-refractivity contribution in [3.8, 4) is 0 Å². The topological polar surface area (TPSA) is 9.23 Å². The molecule has 0 aliphatic carbocycles. The molecule has 0 N–H and O–H groups in total. The monoisotopic (exact) mass is 138 g/mol. The minimum absolute atomic E-state index is 0.608. The first-order valence-corrected chi connectivity index (χ1v) is 3.29. The summed E-state index contributed by atoms with van der Waals surface area (Å²) in [6, 6.07) is 0. The summed E-state index contributed by atoms with van der Waals surface area (Å²) >= 11 is 0. The third-order valence-corrected chi connectivity index (χ3v) is 0.943. The van der Waals surface area contributed by atoms with Gasteiger partial charge >= 0.3 is 0 Å². The van der Waals surface area contributed by atoms with Gasteiger partial charge in [0.1, 0.15) is 6.61 Å². The Morgan fingerprint density at radius 2 is 2.20 bits per heavy atom. The van der Waals surface area contributed by atoms with Crippen LogP contribution in [-0.4, -0.2) is 6.61 Å². The average molecular weight is 138 g/mol. The fourth-order valence-corrected chi connectivity index (χ4v) is 0.476. The molecule has 0 saturated carbocycles. The van der Waals surface area contributed by atoms with Gasteiger partial charge in [0.05, 0.1) is 6.26 Å². The van der Waals surface area contributed by atoms with Crippen molar-refractivity contribution in [2.75, 3.05) is 6.61 Å². The van der Waals surface area contributed by atoms with Crippen LogP contribution in [-0.2, 0) is 4.74 Å². The van der Waals surface area contributed by atoms with E-state index in [1.165, 1.54) is 6.26 Å². The van der Waals surface area contributed by atoms with E-state index in [0.29, 0.717) is 6.61 Å². The van der Waals surface area contributed by atoms with Crippen LogP contribution in [0.4, 0.5) is 0 Å². The predicted molar refractivity (Wildman–Crippen MR) is 44.7 cm³/mol. The van der Waals surface area contributed by atoms with Crippen LogP contribution in [0.15, 0.2) is 37.1 Å². The van der Waals surface area contributed by atoms with E-state index in [1.807, 2.05) is 19.1 Å². The fourth-order valence-electron chi connectivity index (χ4n) is 0.476. The molecule has 56 valence electrons. The summed E-state index contributed by atoms with van der Waals surface area (Å²) < 4.78 is 4.86. The second kappa shape index (κ2) is 6.14. The highest BCUT2D eigenvalue weighted by atomic mass is 16.5. The molecule has 0 aliphatic heterocycles. The summed E-state index contributed by atoms with van der Waals surface area (Å²) in [5.41, 5.74) is 1.16. The van der Waals surface area contributed by atoms with Crippen molar-refractivity contribution in [2.45, 2.75) is 13.3 Å². The molecule has 0 aromatic rings. The molecular weight excluding hydrogens is 124 g/mol. The molecule has 10 heavy (non-hydrogen) atoms. The van der Waals surface area contributed by atoms with Crippen LogP contribution in [0, 0.1) is 0 Å². The van der Waals surface area contributed by atoms with Gasteiger partial charge < -0.3 is 4.74 Å². The summed E-state index contributed by atoms with van der Waals surface area (Å²) in [4.78, 5) is 0. The van der Waals surface area contributed by atoms with Crippen LogP contribution in [0.1, 0.15) is 13.3 Å². The smallest absolute Gasteiger partial charge is 0.105 e. The standard InChI is InChI=1S/C9H14O/c1-4-10-8-6-5-7-9(2)3/h4-6H,1-2,7-8H2,3H3. The number of hydrogen-bond acceptors (Lipinski definition) is 1. The van der Waals surface area contributed by atoms with Gasteiger partial charge in [-0.15, -0.1) is 0 Å². The summed E-state index contributed by atoms with van der Waals surface area (Å²) in [7, 11) is 0. The Labute approximate surface area is 62.7 Å². The van der Waals surface area contributed by atoms with Crippen LogP contribution < -0.4 is 0 Å². The van der Waals surface area contributed by atoms with Crippen molar-refractivity contribution < 1.29 is 4.74 Å². The molecule has 0 aliphatic rings. The Balaban J connectivity index is 3.20. The van der Waals surface area contributed by atoms with E-state index in [0.717, 1.165) is 12.0 Å². The van der Waals surface area contributed by atoms with E-state index in [1.54, 1.807) is 0 Å². The van der Waals surface area contributed by atoms with E-state index in [-0.39, 0.29) is 0 Å². The van der Waals surface area contributed by atoms with Gasteiger partial charge in [-0.2, -0.15) is 0 Å². The zero-order valence-corrected chi connectivity index (χ0v) is 6.47. The first-order chi connectivity index (χ1) is 4.77. The SMILES string of the molecule is C=COCC=CCC(=C)C. The van der Waals surface area contributed by atoms with Crippen LogP contribution in [0.2, 0.25) is 0 Å². The van der Waals surface area contributed by atoms with Crippen LogP contribution in [0.25, 0.3) is 0 Å². The fraction of sp³-hybridized carbons (Fsp3) is 0.333. The molecule has 0 bridgehead atoms. The third-order valence-electron chi connectivity index (χ3n) is 0.943. The molecule has 1 heteroatoms. The predicted octanol–water partition coefficient (Wildman–Crippen LogP) is 2.67. The minimum atomic E-state index is 0.608. The summed E-state index contributed by atoms with van der Waals surface area (Å²) in [5.74, 6) is 0. The Kier molecular flexibility index (Phi) is 5.54. The molecule has 0 aromatic heterocycles. The minimum Gasteiger partial charge on any atom is -0.498 e. The Bertz CT molecular complexity index is 134. The molecule has 0 rings (SSSR count). The van der Waals surface area contributed by atoms with E-state index in [2.05, 4.69) is 13.2 Å². The quantitative estimate of drug-likeness (QED) is 0.322. The van der Waals surface area contributed by atoms with Crippen LogP contribution in [0.5, 0.6) is 0 Å². The molecule has 0 amide bonds. The Morgan fingerprint density at radius 3 is 2.70 bits per heavy atom. The molecule has 1 nitrogen and oxygen atoms in total. The molecule has 0 unspecified atom stereocenters. The third kappa shape index (κ3) is 7.02. The lowest BCUT2D eigenvalue weighted by Gasteiger charge is -1.92. The average Bonchev–Trinajstić information content (AvgIpc) is 1.87. The van der Waals surface area contributed by atoms with Crippen molar-refractivity contribution in [2.24, 2.45) is 0 Å². The second-order valence-electron chi connectivity index (χ2n) is 2.13. The van der Waals surface area contributed by atoms with Gasteiger partial charge in [-0.25, -0.2) is 0 Å². The van der Waals surface area contributed by atoms with Crippen molar-refractivity contribution in [1.82, 2.24) is 0 Å². The number of hydrogen-bond donors (Lipinski definition) is 0. The second-order valence-corrected chi connectivity index (χ2v) is 2.13. The van der Waals surface area contributed by atoms with E-state index in [4.69, 9.17) is 4.74 Å². The van der Waals surface area contributed by atoms with E-state index >= 15 is 0 Å². The molecule has 0 heterocycles. The highest BCUT2D eigenvalue weighted by Gasteiger charge is 1.77. The van der Waals surface area contributed by atoms with Crippen molar-refractivity contribution in [1.29, 1.82) is 0 Å². The maximum Gasteiger partial charge on any atom is 0.105 e. The van der Waals surface area contributed by atoms with Gasteiger partial charge in [-0.05, 0) is 13.3 Å². The zero-order valence-electron chi connectivity index (χ0n) is 6.47. The molecule has 0 spiro atoms. The summed E-state index contributed by atoms with van der Waals surface area (Å²) in [5, 5.41) is 0. The molecule has 0 fully saturated rings. The highest BCUT2D eigenvalue weighted by molar-refractivity contribution is 4.98. The molecule has 0 radical (unpaired) electrons. The molecule has 0 atom stereocenters. The first kappa shape index (κ1) is 9.02. The van der Waals surface area contributed by atoms with E-state index in [9.17, 15) is 0 Å². The van der Waals surface area contributed by atoms with Gasteiger partial charge in [-0.1, -0.05) is 30.9 Å². The van der Waals surface area contributed by atoms with Gasteiger partial charge in [-0.3, -0.25) is 0 Å². The maximum atomic E-state index is 4.86. The normalized spacial score (nSPS) is 9.70. The number of rotatable bonds is 5. The zero-order chi connectivity index (χ0) is 7.82. The van der Waals surface area contributed by atoms with Crippen LogP contribution >= 0.6 is 0 Å². The van der Waals surface area contributed by atoms with Gasteiger partial charge in [0.25, 0.3) is 0 Å². The van der Waals surface area contributed by atoms with Gasteiger partial charge in [0, 0.05) is 0 Å². The summed E-state index contributed by atoms with van der Waals surface area (Å²) in [6.07, 6.45) is 6.35. The van der Waals surface area contributed by atoms with Crippen LogP contribution in [0.3, 0.4) is 0 Å².